The van der Waals surface area contributed by atoms with Gasteiger partial charge in [-0.2, -0.15) is 0 Å². The van der Waals surface area contributed by atoms with E-state index in [2.05, 4.69) is 42.0 Å². The number of amides is 1. The van der Waals surface area contributed by atoms with Crippen LogP contribution in [0.15, 0.2) is 36.5 Å². The number of fused-ring (bicyclic) bond motifs is 3. The highest BCUT2D eigenvalue weighted by molar-refractivity contribution is 5.97. The molecule has 3 fully saturated rings. The minimum atomic E-state index is -0.235. The van der Waals surface area contributed by atoms with Crippen molar-refractivity contribution in [2.45, 2.75) is 69.7 Å². The summed E-state index contributed by atoms with van der Waals surface area (Å²) in [5.74, 6) is -0.0976. The minimum Gasteiger partial charge on any atom is -0.372 e. The molecule has 1 amide bonds. The molecule has 10 heteroatoms. The van der Waals surface area contributed by atoms with Crippen LogP contribution in [0.4, 0.5) is 10.1 Å². The number of nitrogens with zero attached hydrogens (tertiary/aromatic N) is 4. The van der Waals surface area contributed by atoms with Gasteiger partial charge in [0.2, 0.25) is 5.91 Å². The highest BCUT2D eigenvalue weighted by Gasteiger charge is 2.41. The lowest BCUT2D eigenvalue weighted by molar-refractivity contribution is -0.121. The Labute approximate surface area is 249 Å². The summed E-state index contributed by atoms with van der Waals surface area (Å²) in [6.07, 6.45) is 5.65. The van der Waals surface area contributed by atoms with Crippen molar-refractivity contribution in [3.63, 3.8) is 0 Å². The van der Waals surface area contributed by atoms with E-state index >= 15 is 0 Å². The van der Waals surface area contributed by atoms with Gasteiger partial charge in [0, 0.05) is 63.0 Å². The molecule has 0 saturated carbocycles. The predicted octanol–water partition coefficient (Wildman–Crippen LogP) is 3.80. The number of piperazine rings is 1. The van der Waals surface area contributed by atoms with Gasteiger partial charge in [0.1, 0.15) is 5.82 Å². The summed E-state index contributed by atoms with van der Waals surface area (Å²) in [6.45, 7) is 12.3. The van der Waals surface area contributed by atoms with Crippen LogP contribution in [0.25, 0.3) is 0 Å². The number of carbonyl (C=O) groups excluding carboxylic acids is 1. The van der Waals surface area contributed by atoms with Gasteiger partial charge in [-0.25, -0.2) is 4.39 Å². The molecule has 1 aromatic heterocycles. The monoisotopic (exact) mass is 593 g/mol. The maximum atomic E-state index is 13.9. The molecule has 2 bridgehead atoms. The first-order valence-electron chi connectivity index (χ1n) is 14.1. The summed E-state index contributed by atoms with van der Waals surface area (Å²) in [5, 5.41) is 3.64. The summed E-state index contributed by atoms with van der Waals surface area (Å²) in [5.41, 5.74) is 3.74. The van der Waals surface area contributed by atoms with Gasteiger partial charge in [0.05, 0.1) is 30.1 Å². The van der Waals surface area contributed by atoms with Crippen LogP contribution in [-0.4, -0.2) is 90.8 Å². The molecule has 4 atom stereocenters. The lowest BCUT2D eigenvalue weighted by atomic mass is 9.91. The second-order valence-electron chi connectivity index (χ2n) is 12.4. The van der Waals surface area contributed by atoms with Gasteiger partial charge in [0.15, 0.2) is 0 Å². The number of nitrogens with one attached hydrogen (secondary N) is 1. The van der Waals surface area contributed by atoms with E-state index in [-0.39, 0.29) is 42.0 Å². The standard InChI is InChI=1S/C30H40FN5O2.2ClH/c1-20-14-35(24(13-32-20)15-34-16-25-8-9-26(17-34)38-25)18-28(37)36-19-30(2,3)29-27(36)11-22(12-33-29)10-21-4-6-23(31)7-5-21;;/h4-7,11-12,20,24-26,32H,8-10,13-19H2,1-3H3;2*1H/t20-,24-,25?,26?;;/m1../s1. The number of carbonyl (C=O) groups is 1. The van der Waals surface area contributed by atoms with Gasteiger partial charge < -0.3 is 15.0 Å². The van der Waals surface area contributed by atoms with Gasteiger partial charge in [0.25, 0.3) is 0 Å². The molecule has 220 valence electrons. The second-order valence-corrected chi connectivity index (χ2v) is 12.4. The number of rotatable bonds is 6. The van der Waals surface area contributed by atoms with Crippen molar-refractivity contribution in [1.29, 1.82) is 0 Å². The van der Waals surface area contributed by atoms with Crippen molar-refractivity contribution in [2.24, 2.45) is 0 Å². The van der Waals surface area contributed by atoms with E-state index in [1.165, 1.54) is 25.0 Å². The van der Waals surface area contributed by atoms with E-state index in [0.29, 0.717) is 43.8 Å². The van der Waals surface area contributed by atoms with Crippen LogP contribution in [0.5, 0.6) is 0 Å². The minimum absolute atomic E-state index is 0. The summed E-state index contributed by atoms with van der Waals surface area (Å²) >= 11 is 0. The lowest BCUT2D eigenvalue weighted by Crippen LogP contribution is -2.61. The highest BCUT2D eigenvalue weighted by atomic mass is 35.5. The van der Waals surface area contributed by atoms with Crippen LogP contribution in [0.3, 0.4) is 0 Å². The van der Waals surface area contributed by atoms with Crippen LogP contribution in [0, 0.1) is 5.82 Å². The number of pyridine rings is 1. The van der Waals surface area contributed by atoms with Crippen molar-refractivity contribution >= 4 is 36.4 Å². The van der Waals surface area contributed by atoms with Gasteiger partial charge in [-0.15, -0.1) is 24.8 Å². The predicted molar refractivity (Wildman–Crippen MR) is 160 cm³/mol. The average molecular weight is 595 g/mol. The number of benzene rings is 1. The normalized spacial score (nSPS) is 27.6. The first kappa shape index (κ1) is 31.1. The van der Waals surface area contributed by atoms with Gasteiger partial charge >= 0.3 is 0 Å². The third-order valence-electron chi connectivity index (χ3n) is 8.69. The molecule has 1 N–H and O–H groups in total. The molecule has 3 saturated heterocycles. The van der Waals surface area contributed by atoms with Crippen LogP contribution in [-0.2, 0) is 21.4 Å². The average Bonchev–Trinajstić information content (AvgIpc) is 3.36. The van der Waals surface area contributed by atoms with Crippen LogP contribution in [0.2, 0.25) is 0 Å². The number of anilines is 1. The van der Waals surface area contributed by atoms with E-state index in [4.69, 9.17) is 9.72 Å². The van der Waals surface area contributed by atoms with Crippen molar-refractivity contribution in [3.8, 4) is 0 Å². The maximum Gasteiger partial charge on any atom is 0.241 e. The summed E-state index contributed by atoms with van der Waals surface area (Å²) < 4.78 is 19.4. The molecule has 1 aromatic carbocycles. The molecule has 6 rings (SSSR count). The molecule has 0 aliphatic carbocycles. The van der Waals surface area contributed by atoms with Crippen molar-refractivity contribution in [2.75, 3.05) is 50.7 Å². The zero-order valence-electron chi connectivity index (χ0n) is 23.6. The number of aromatic nitrogens is 1. The van der Waals surface area contributed by atoms with E-state index in [0.717, 1.165) is 55.2 Å². The molecule has 2 aromatic rings. The highest BCUT2D eigenvalue weighted by Crippen LogP contribution is 2.40. The third kappa shape index (κ3) is 6.63. The number of halogens is 3. The molecule has 0 radical (unpaired) electrons. The zero-order chi connectivity index (χ0) is 26.4. The summed E-state index contributed by atoms with van der Waals surface area (Å²) in [4.78, 5) is 25.6. The van der Waals surface area contributed by atoms with Gasteiger partial charge in [-0.05, 0) is 55.5 Å². The Bertz CT molecular complexity index is 1170. The summed E-state index contributed by atoms with van der Waals surface area (Å²) in [6, 6.07) is 9.35. The Morgan fingerprint density at radius 3 is 2.50 bits per heavy atom. The Hall–Kier alpha value is -1.81. The molecular formula is C30H42Cl2FN5O2. The van der Waals surface area contributed by atoms with Gasteiger partial charge in [-0.3, -0.25) is 19.6 Å². The molecule has 40 heavy (non-hydrogen) atoms. The quantitative estimate of drug-likeness (QED) is 0.550. The molecule has 4 aliphatic rings. The Morgan fingerprint density at radius 1 is 1.10 bits per heavy atom. The van der Waals surface area contributed by atoms with Crippen LogP contribution in [0.1, 0.15) is 50.4 Å². The molecule has 0 spiro atoms. The molecular weight excluding hydrogens is 552 g/mol. The van der Waals surface area contributed by atoms with Crippen LogP contribution < -0.4 is 10.2 Å². The largest absolute Gasteiger partial charge is 0.372 e. The molecule has 4 aliphatic heterocycles. The number of morpholine rings is 1. The summed E-state index contributed by atoms with van der Waals surface area (Å²) in [7, 11) is 0. The molecule has 5 heterocycles. The maximum absolute atomic E-state index is 13.9. The number of likely N-dealkylation sites (tertiary alicyclic amines) is 1. The van der Waals surface area contributed by atoms with E-state index < -0.39 is 0 Å². The fourth-order valence-corrected chi connectivity index (χ4v) is 6.75. The Balaban J connectivity index is 0.00000185. The lowest BCUT2D eigenvalue weighted by Gasteiger charge is -2.43. The fourth-order valence-electron chi connectivity index (χ4n) is 6.75. The van der Waals surface area contributed by atoms with Crippen molar-refractivity contribution in [1.82, 2.24) is 20.1 Å². The fraction of sp³-hybridized carbons (Fsp3) is 0.600. The smallest absolute Gasteiger partial charge is 0.241 e. The SMILES string of the molecule is C[C@@H]1CN(CC(=O)N2CC(C)(C)c3ncc(Cc4ccc(F)cc4)cc32)[C@@H](CN2CC3CCC(C2)O3)CN1.Cl.Cl. The number of hydrogen-bond acceptors (Lipinski definition) is 6. The van der Waals surface area contributed by atoms with Gasteiger partial charge in [-0.1, -0.05) is 26.0 Å². The van der Waals surface area contributed by atoms with E-state index in [9.17, 15) is 9.18 Å². The van der Waals surface area contributed by atoms with E-state index in [1.807, 2.05) is 11.1 Å². The third-order valence-corrected chi connectivity index (χ3v) is 8.69. The molecule has 7 nitrogen and oxygen atoms in total. The first-order chi connectivity index (χ1) is 18.2. The first-order valence-corrected chi connectivity index (χ1v) is 14.1. The topological polar surface area (TPSA) is 60.9 Å². The zero-order valence-corrected chi connectivity index (χ0v) is 25.3. The Morgan fingerprint density at radius 2 is 1.80 bits per heavy atom. The van der Waals surface area contributed by atoms with Crippen molar-refractivity contribution < 1.29 is 13.9 Å². The number of ether oxygens (including phenoxy) is 1. The van der Waals surface area contributed by atoms with Crippen molar-refractivity contribution in [3.05, 3.63) is 59.2 Å². The van der Waals surface area contributed by atoms with Crippen LogP contribution >= 0.6 is 24.8 Å². The second kappa shape index (κ2) is 12.6. The number of hydrogen-bond donors (Lipinski definition) is 1. The Kier molecular flexibility index (Phi) is 9.80. The molecule has 2 unspecified atom stereocenters. The van der Waals surface area contributed by atoms with E-state index in [1.54, 1.807) is 12.1 Å².